The highest BCUT2D eigenvalue weighted by atomic mass is 79.9. The van der Waals surface area contributed by atoms with Crippen molar-refractivity contribution in [2.45, 2.75) is 45.7 Å². The first-order valence-corrected chi connectivity index (χ1v) is 12.1. The normalized spacial score (nSPS) is 12.0. The average molecular weight is 515 g/mol. The number of halogens is 1. The predicted molar refractivity (Wildman–Crippen MR) is 136 cm³/mol. The number of anilines is 1. The van der Waals surface area contributed by atoms with Crippen molar-refractivity contribution in [3.05, 3.63) is 69.2 Å². The number of aromatic nitrogens is 2. The Hall–Kier alpha value is -2.71. The summed E-state index contributed by atoms with van der Waals surface area (Å²) in [5.41, 5.74) is 1.20. The molecule has 2 aromatic carbocycles. The maximum absolute atomic E-state index is 13.4. The van der Waals surface area contributed by atoms with E-state index in [1.165, 1.54) is 0 Å². The third-order valence-electron chi connectivity index (χ3n) is 5.59. The van der Waals surface area contributed by atoms with E-state index >= 15 is 0 Å². The topological polar surface area (TPSA) is 76.5 Å². The molecule has 0 aliphatic rings. The van der Waals surface area contributed by atoms with Crippen LogP contribution in [0.2, 0.25) is 0 Å². The van der Waals surface area contributed by atoms with Crippen LogP contribution in [-0.2, 0) is 11.3 Å². The quantitative estimate of drug-likeness (QED) is 0.357. The van der Waals surface area contributed by atoms with Crippen LogP contribution in [0.5, 0.6) is 0 Å². The van der Waals surface area contributed by atoms with Gasteiger partial charge in [0, 0.05) is 23.8 Å². The minimum Gasteiger partial charge on any atom is -0.383 e. The van der Waals surface area contributed by atoms with Crippen molar-refractivity contribution >= 4 is 38.6 Å². The van der Waals surface area contributed by atoms with Gasteiger partial charge in [0.25, 0.3) is 5.56 Å². The van der Waals surface area contributed by atoms with Gasteiger partial charge >= 0.3 is 6.03 Å². The van der Waals surface area contributed by atoms with Gasteiger partial charge in [-0.25, -0.2) is 9.78 Å². The van der Waals surface area contributed by atoms with E-state index in [9.17, 15) is 9.59 Å². The van der Waals surface area contributed by atoms with Gasteiger partial charge in [-0.1, -0.05) is 53.9 Å². The third-order valence-corrected chi connectivity index (χ3v) is 6.08. The SMILES string of the molecule is CCCCCN(C(=O)Nc1cccc(Br)c1)C(C)c1nc2ccccc2c(=O)n1CCOC. The van der Waals surface area contributed by atoms with Crippen LogP contribution in [0.4, 0.5) is 10.5 Å². The predicted octanol–water partition coefficient (Wildman–Crippen LogP) is 5.59. The maximum atomic E-state index is 13.4. The lowest BCUT2D eigenvalue weighted by Gasteiger charge is -2.30. The largest absolute Gasteiger partial charge is 0.383 e. The van der Waals surface area contributed by atoms with Crippen LogP contribution in [-0.4, -0.2) is 40.7 Å². The number of para-hydroxylation sites is 1. The first kappa shape index (κ1) is 24.9. The van der Waals surface area contributed by atoms with Crippen LogP contribution < -0.4 is 10.9 Å². The molecule has 3 aromatic rings. The maximum Gasteiger partial charge on any atom is 0.322 e. The monoisotopic (exact) mass is 514 g/mol. The second-order valence-corrected chi connectivity index (χ2v) is 8.87. The molecule has 0 aliphatic carbocycles. The van der Waals surface area contributed by atoms with E-state index < -0.39 is 6.04 Å². The van der Waals surface area contributed by atoms with Gasteiger partial charge in [-0.2, -0.15) is 0 Å². The van der Waals surface area contributed by atoms with Gasteiger partial charge in [-0.3, -0.25) is 9.36 Å². The molecular formula is C25H31BrN4O3. The third kappa shape index (κ3) is 6.21. The highest BCUT2D eigenvalue weighted by Crippen LogP contribution is 2.23. The number of carbonyl (C=O) groups is 1. The van der Waals surface area contributed by atoms with Crippen LogP contribution in [0.3, 0.4) is 0 Å². The number of benzene rings is 2. The zero-order valence-electron chi connectivity index (χ0n) is 19.4. The van der Waals surface area contributed by atoms with Crippen LogP contribution in [0.15, 0.2) is 57.8 Å². The molecule has 0 bridgehead atoms. The summed E-state index contributed by atoms with van der Waals surface area (Å²) in [6.45, 7) is 5.35. The molecule has 33 heavy (non-hydrogen) atoms. The summed E-state index contributed by atoms with van der Waals surface area (Å²) in [4.78, 5) is 33.2. The first-order chi connectivity index (χ1) is 16.0. The molecule has 0 saturated carbocycles. The fourth-order valence-electron chi connectivity index (χ4n) is 3.81. The van der Waals surface area contributed by atoms with E-state index in [1.807, 2.05) is 49.4 Å². The van der Waals surface area contributed by atoms with Crippen LogP contribution in [0.25, 0.3) is 10.9 Å². The van der Waals surface area contributed by atoms with Crippen molar-refractivity contribution in [2.24, 2.45) is 0 Å². The average Bonchev–Trinajstić information content (AvgIpc) is 2.81. The molecule has 0 spiro atoms. The van der Waals surface area contributed by atoms with Crippen molar-refractivity contribution < 1.29 is 9.53 Å². The number of carbonyl (C=O) groups excluding carboxylic acids is 1. The van der Waals surface area contributed by atoms with Crippen molar-refractivity contribution in [3.63, 3.8) is 0 Å². The molecule has 0 saturated heterocycles. The van der Waals surface area contributed by atoms with E-state index in [0.717, 1.165) is 23.7 Å². The summed E-state index contributed by atoms with van der Waals surface area (Å²) < 4.78 is 7.76. The van der Waals surface area contributed by atoms with Gasteiger partial charge in [-0.15, -0.1) is 0 Å². The molecule has 1 unspecified atom stereocenters. The van der Waals surface area contributed by atoms with Crippen molar-refractivity contribution in [3.8, 4) is 0 Å². The van der Waals surface area contributed by atoms with Gasteiger partial charge in [0.1, 0.15) is 5.82 Å². The summed E-state index contributed by atoms with van der Waals surface area (Å²) in [6, 6.07) is 14.1. The number of hydrogen-bond acceptors (Lipinski definition) is 4. The van der Waals surface area contributed by atoms with Gasteiger partial charge in [0.15, 0.2) is 0 Å². The van der Waals surface area contributed by atoms with Crippen LogP contribution >= 0.6 is 15.9 Å². The fraction of sp³-hybridized carbons (Fsp3) is 0.400. The van der Waals surface area contributed by atoms with E-state index in [2.05, 4.69) is 28.2 Å². The highest BCUT2D eigenvalue weighted by molar-refractivity contribution is 9.10. The molecule has 7 nitrogen and oxygen atoms in total. The minimum atomic E-state index is -0.414. The number of fused-ring (bicyclic) bond motifs is 1. The molecule has 0 aliphatic heterocycles. The lowest BCUT2D eigenvalue weighted by atomic mass is 10.1. The van der Waals surface area contributed by atoms with E-state index in [-0.39, 0.29) is 11.6 Å². The Labute approximate surface area is 202 Å². The zero-order valence-corrected chi connectivity index (χ0v) is 21.0. The molecule has 2 amide bonds. The number of ether oxygens (including phenoxy) is 1. The molecule has 1 atom stereocenters. The van der Waals surface area contributed by atoms with Gasteiger partial charge in [-0.05, 0) is 43.7 Å². The van der Waals surface area contributed by atoms with Crippen molar-refractivity contribution in [1.29, 1.82) is 0 Å². The number of amides is 2. The molecule has 0 radical (unpaired) electrons. The molecule has 1 aromatic heterocycles. The lowest BCUT2D eigenvalue weighted by Crippen LogP contribution is -2.41. The number of rotatable bonds is 10. The molecule has 3 rings (SSSR count). The molecule has 1 heterocycles. The number of urea groups is 1. The number of unbranched alkanes of at least 4 members (excludes halogenated alkanes) is 2. The minimum absolute atomic E-state index is 0.125. The summed E-state index contributed by atoms with van der Waals surface area (Å²) >= 11 is 3.45. The Bertz CT molecular complexity index is 1150. The fourth-order valence-corrected chi connectivity index (χ4v) is 4.21. The van der Waals surface area contributed by atoms with Crippen molar-refractivity contribution in [1.82, 2.24) is 14.5 Å². The Morgan fingerprint density at radius 3 is 2.73 bits per heavy atom. The molecule has 1 N–H and O–H groups in total. The van der Waals surface area contributed by atoms with Gasteiger partial charge in [0.2, 0.25) is 0 Å². The summed E-state index contributed by atoms with van der Waals surface area (Å²) in [5.74, 6) is 0.552. The Morgan fingerprint density at radius 1 is 1.21 bits per heavy atom. The lowest BCUT2D eigenvalue weighted by molar-refractivity contribution is 0.173. The number of nitrogens with one attached hydrogen (secondary N) is 1. The summed E-state index contributed by atoms with van der Waals surface area (Å²) in [6.07, 6.45) is 2.92. The van der Waals surface area contributed by atoms with Gasteiger partial charge in [0.05, 0.1) is 30.1 Å². The second kappa shape index (κ2) is 12.0. The summed E-state index contributed by atoms with van der Waals surface area (Å²) in [7, 11) is 1.60. The van der Waals surface area contributed by atoms with Gasteiger partial charge < -0.3 is 15.0 Å². The second-order valence-electron chi connectivity index (χ2n) is 7.95. The Balaban J connectivity index is 2.00. The van der Waals surface area contributed by atoms with E-state index in [4.69, 9.17) is 9.72 Å². The van der Waals surface area contributed by atoms with Crippen LogP contribution in [0.1, 0.15) is 45.0 Å². The molecular weight excluding hydrogens is 484 g/mol. The Morgan fingerprint density at radius 2 is 2.00 bits per heavy atom. The highest BCUT2D eigenvalue weighted by Gasteiger charge is 2.26. The zero-order chi connectivity index (χ0) is 23.8. The van der Waals surface area contributed by atoms with Crippen LogP contribution in [0, 0.1) is 0 Å². The Kier molecular flexibility index (Phi) is 9.03. The number of methoxy groups -OCH3 is 1. The molecule has 8 heteroatoms. The van der Waals surface area contributed by atoms with E-state index in [1.54, 1.807) is 22.6 Å². The molecule has 0 fully saturated rings. The van der Waals surface area contributed by atoms with E-state index in [0.29, 0.717) is 42.1 Å². The number of nitrogens with zero attached hydrogens (tertiary/aromatic N) is 3. The van der Waals surface area contributed by atoms with Crippen molar-refractivity contribution in [2.75, 3.05) is 25.6 Å². The smallest absolute Gasteiger partial charge is 0.322 e. The molecule has 176 valence electrons. The standard InChI is InChI=1S/C25H31BrN4O3/c1-4-5-8-14-29(25(32)27-20-11-9-10-19(26)17-20)18(2)23-28-22-13-7-6-12-21(22)24(31)30(23)15-16-33-3/h6-7,9-13,17-18H,4-5,8,14-16H2,1-3H3,(H,27,32). The first-order valence-electron chi connectivity index (χ1n) is 11.3. The number of hydrogen-bond donors (Lipinski definition) is 1. The summed E-state index contributed by atoms with van der Waals surface area (Å²) in [5, 5.41) is 3.55.